The lowest BCUT2D eigenvalue weighted by atomic mass is 10.0. The third-order valence-electron chi connectivity index (χ3n) is 2.30. The zero-order valence-corrected chi connectivity index (χ0v) is 8.51. The molecule has 3 N–H and O–H groups in total. The number of rotatable bonds is 4. The lowest BCUT2D eigenvalue weighted by Gasteiger charge is -2.10. The van der Waals surface area contributed by atoms with Gasteiger partial charge in [0.2, 0.25) is 0 Å². The molecular weight excluding hydrogens is 196 g/mol. The van der Waals surface area contributed by atoms with Crippen molar-refractivity contribution in [3.05, 3.63) is 39.4 Å². The van der Waals surface area contributed by atoms with Crippen LogP contribution in [0.2, 0.25) is 0 Å². The molecule has 0 fully saturated rings. The van der Waals surface area contributed by atoms with Gasteiger partial charge in [0.1, 0.15) is 0 Å². The van der Waals surface area contributed by atoms with E-state index in [2.05, 4.69) is 0 Å². The van der Waals surface area contributed by atoms with E-state index in [1.165, 1.54) is 6.07 Å². The lowest BCUT2D eigenvalue weighted by Crippen LogP contribution is -2.12. The van der Waals surface area contributed by atoms with Gasteiger partial charge in [-0.2, -0.15) is 0 Å². The van der Waals surface area contributed by atoms with Crippen molar-refractivity contribution in [1.29, 1.82) is 0 Å². The monoisotopic (exact) mass is 210 g/mol. The van der Waals surface area contributed by atoms with E-state index in [4.69, 9.17) is 10.8 Å². The third kappa shape index (κ3) is 2.74. The molecule has 5 nitrogen and oxygen atoms in total. The Morgan fingerprint density at radius 2 is 2.27 bits per heavy atom. The Hall–Kier alpha value is -1.46. The predicted octanol–water partition coefficient (Wildman–Crippen LogP) is 1.29. The molecule has 0 amide bonds. The summed E-state index contributed by atoms with van der Waals surface area (Å²) in [6.45, 7) is 1.66. The van der Waals surface area contributed by atoms with Gasteiger partial charge >= 0.3 is 0 Å². The van der Waals surface area contributed by atoms with Crippen LogP contribution in [0.3, 0.4) is 0 Å². The molecular formula is C10H14N2O3. The van der Waals surface area contributed by atoms with Crippen LogP contribution >= 0.6 is 0 Å². The fourth-order valence-corrected chi connectivity index (χ4v) is 1.36. The van der Waals surface area contributed by atoms with Gasteiger partial charge in [0.25, 0.3) is 5.69 Å². The maximum absolute atomic E-state index is 10.7. The topological polar surface area (TPSA) is 89.4 Å². The number of benzene rings is 1. The molecule has 15 heavy (non-hydrogen) atoms. The van der Waals surface area contributed by atoms with Crippen LogP contribution in [-0.2, 0) is 0 Å². The Labute approximate surface area is 87.7 Å². The average molecular weight is 210 g/mol. The molecule has 1 aromatic rings. The first kappa shape index (κ1) is 11.6. The molecule has 82 valence electrons. The van der Waals surface area contributed by atoms with Crippen molar-refractivity contribution in [1.82, 2.24) is 0 Å². The van der Waals surface area contributed by atoms with Crippen LogP contribution in [-0.4, -0.2) is 16.6 Å². The van der Waals surface area contributed by atoms with Crippen LogP contribution in [0.4, 0.5) is 5.69 Å². The average Bonchev–Trinajstić information content (AvgIpc) is 2.18. The second kappa shape index (κ2) is 4.86. The summed E-state index contributed by atoms with van der Waals surface area (Å²) in [6.07, 6.45) is 0.403. The lowest BCUT2D eigenvalue weighted by molar-refractivity contribution is -0.385. The molecule has 1 atom stereocenters. The van der Waals surface area contributed by atoms with Crippen molar-refractivity contribution in [3.63, 3.8) is 0 Å². The number of nitro groups is 1. The molecule has 1 aromatic carbocycles. The summed E-state index contributed by atoms with van der Waals surface area (Å²) in [5.74, 6) is 0. The van der Waals surface area contributed by atoms with Crippen LogP contribution < -0.4 is 5.73 Å². The molecule has 0 radical (unpaired) electrons. The normalized spacial score (nSPS) is 12.5. The van der Waals surface area contributed by atoms with Crippen LogP contribution in [0.5, 0.6) is 0 Å². The van der Waals surface area contributed by atoms with E-state index in [0.717, 1.165) is 0 Å². The van der Waals surface area contributed by atoms with Crippen LogP contribution in [0.15, 0.2) is 18.2 Å². The minimum atomic E-state index is -0.426. The van der Waals surface area contributed by atoms with E-state index in [1.807, 2.05) is 0 Å². The van der Waals surface area contributed by atoms with Crippen molar-refractivity contribution >= 4 is 5.69 Å². The Balaban J connectivity index is 3.02. The molecule has 0 bridgehead atoms. The van der Waals surface area contributed by atoms with Gasteiger partial charge in [0.15, 0.2) is 0 Å². The molecule has 0 unspecified atom stereocenters. The van der Waals surface area contributed by atoms with Crippen LogP contribution in [0.1, 0.15) is 23.6 Å². The number of nitro benzene ring substituents is 1. The Kier molecular flexibility index (Phi) is 3.76. The number of nitrogens with two attached hydrogens (primary N) is 1. The summed E-state index contributed by atoms with van der Waals surface area (Å²) in [5, 5.41) is 19.4. The van der Waals surface area contributed by atoms with Gasteiger partial charge in [-0.15, -0.1) is 0 Å². The summed E-state index contributed by atoms with van der Waals surface area (Å²) < 4.78 is 0. The maximum atomic E-state index is 10.7. The van der Waals surface area contributed by atoms with E-state index in [-0.39, 0.29) is 18.3 Å². The third-order valence-corrected chi connectivity index (χ3v) is 2.30. The molecule has 0 aliphatic heterocycles. The summed E-state index contributed by atoms with van der Waals surface area (Å²) in [6, 6.07) is 4.54. The molecule has 1 rings (SSSR count). The molecule has 5 heteroatoms. The molecule has 0 aliphatic carbocycles. The summed E-state index contributed by atoms with van der Waals surface area (Å²) >= 11 is 0. The van der Waals surface area contributed by atoms with Crippen molar-refractivity contribution in [2.45, 2.75) is 19.4 Å². The van der Waals surface area contributed by atoms with Gasteiger partial charge in [-0.25, -0.2) is 0 Å². The Morgan fingerprint density at radius 1 is 1.60 bits per heavy atom. The molecule has 0 spiro atoms. The molecule has 0 heterocycles. The van der Waals surface area contributed by atoms with E-state index in [1.54, 1.807) is 19.1 Å². The minimum absolute atomic E-state index is 0.0250. The first-order valence-electron chi connectivity index (χ1n) is 4.67. The number of nitrogens with zero attached hydrogens (tertiary/aromatic N) is 1. The molecule has 0 aromatic heterocycles. The fourth-order valence-electron chi connectivity index (χ4n) is 1.36. The second-order valence-electron chi connectivity index (χ2n) is 3.42. The minimum Gasteiger partial charge on any atom is -0.396 e. The SMILES string of the molecule is Cc1ccc([C@H](N)CCO)cc1[N+](=O)[O-]. The summed E-state index contributed by atoms with van der Waals surface area (Å²) in [4.78, 5) is 10.2. The van der Waals surface area contributed by atoms with E-state index < -0.39 is 4.92 Å². The smallest absolute Gasteiger partial charge is 0.272 e. The van der Waals surface area contributed by atoms with Crippen molar-refractivity contribution < 1.29 is 10.0 Å². The second-order valence-corrected chi connectivity index (χ2v) is 3.42. The zero-order valence-electron chi connectivity index (χ0n) is 8.51. The number of aliphatic hydroxyl groups excluding tert-OH is 1. The van der Waals surface area contributed by atoms with Gasteiger partial charge in [-0.05, 0) is 18.9 Å². The highest BCUT2D eigenvalue weighted by atomic mass is 16.6. The molecule has 0 aliphatic rings. The number of hydrogen-bond acceptors (Lipinski definition) is 4. The molecule has 0 saturated heterocycles. The number of aryl methyl sites for hydroxylation is 1. The van der Waals surface area contributed by atoms with Gasteiger partial charge in [0.05, 0.1) is 4.92 Å². The van der Waals surface area contributed by atoms with Gasteiger partial charge in [-0.1, -0.05) is 12.1 Å². The Bertz CT molecular complexity index is 366. The predicted molar refractivity (Wildman–Crippen MR) is 56.5 cm³/mol. The summed E-state index contributed by atoms with van der Waals surface area (Å²) in [7, 11) is 0. The summed E-state index contributed by atoms with van der Waals surface area (Å²) in [5.41, 5.74) is 7.11. The van der Waals surface area contributed by atoms with Crippen LogP contribution in [0, 0.1) is 17.0 Å². The standard InChI is InChI=1S/C10H14N2O3/c1-7-2-3-8(9(11)4-5-13)6-10(7)12(14)15/h2-3,6,9,13H,4-5,11H2,1H3/t9-/m1/s1. The maximum Gasteiger partial charge on any atom is 0.272 e. The van der Waals surface area contributed by atoms with E-state index in [9.17, 15) is 10.1 Å². The van der Waals surface area contributed by atoms with E-state index >= 15 is 0 Å². The first-order chi connectivity index (χ1) is 7.06. The van der Waals surface area contributed by atoms with Crippen LogP contribution in [0.25, 0.3) is 0 Å². The van der Waals surface area contributed by atoms with Gasteiger partial charge in [-0.3, -0.25) is 10.1 Å². The van der Waals surface area contributed by atoms with Gasteiger partial charge < -0.3 is 10.8 Å². The highest BCUT2D eigenvalue weighted by Gasteiger charge is 2.14. The quantitative estimate of drug-likeness (QED) is 0.578. The Morgan fingerprint density at radius 3 is 2.80 bits per heavy atom. The molecule has 0 saturated carbocycles. The number of hydrogen-bond donors (Lipinski definition) is 2. The van der Waals surface area contributed by atoms with Crippen molar-refractivity contribution in [2.75, 3.05) is 6.61 Å². The fraction of sp³-hybridized carbons (Fsp3) is 0.400. The highest BCUT2D eigenvalue weighted by Crippen LogP contribution is 2.23. The zero-order chi connectivity index (χ0) is 11.4. The van der Waals surface area contributed by atoms with Gasteiger partial charge in [0, 0.05) is 24.3 Å². The number of aliphatic hydroxyl groups is 1. The van der Waals surface area contributed by atoms with E-state index in [0.29, 0.717) is 17.5 Å². The largest absolute Gasteiger partial charge is 0.396 e. The highest BCUT2D eigenvalue weighted by molar-refractivity contribution is 5.43. The van der Waals surface area contributed by atoms with Crippen molar-refractivity contribution in [2.24, 2.45) is 5.73 Å². The van der Waals surface area contributed by atoms with Crippen molar-refractivity contribution in [3.8, 4) is 0 Å². The first-order valence-corrected chi connectivity index (χ1v) is 4.67.